The molecule has 0 radical (unpaired) electrons. The van der Waals surface area contributed by atoms with Gasteiger partial charge in [0.1, 0.15) is 0 Å². The second-order valence-electron chi connectivity index (χ2n) is 9.52. The quantitative estimate of drug-likeness (QED) is 0.274. The van der Waals surface area contributed by atoms with Gasteiger partial charge in [-0.15, -0.1) is 0 Å². The second-order valence-corrected chi connectivity index (χ2v) is 14.4. The lowest BCUT2D eigenvalue weighted by atomic mass is 10.3. The molecule has 166 valence electrons. The molecule has 1 heterocycles. The zero-order valence-electron chi connectivity index (χ0n) is 19.5. The Morgan fingerprint density at radius 3 is 0.939 bits per heavy atom. The highest BCUT2D eigenvalue weighted by Gasteiger charge is 2.48. The molecule has 0 bridgehead atoms. The smallest absolute Gasteiger partial charge is 0.0865 e. The number of benzene rings is 4. The van der Waals surface area contributed by atoms with Gasteiger partial charge in [-0.05, 0) is 37.1 Å². The summed E-state index contributed by atoms with van der Waals surface area (Å²) >= 11 is 0. The minimum Gasteiger partial charge on any atom is -0.327 e. The lowest BCUT2D eigenvalue weighted by Crippen LogP contribution is -2.38. The third kappa shape index (κ3) is 4.97. The van der Waals surface area contributed by atoms with Crippen LogP contribution in [0.3, 0.4) is 0 Å². The van der Waals surface area contributed by atoms with E-state index < -0.39 is 15.8 Å². The lowest BCUT2D eigenvalue weighted by molar-refractivity contribution is -0.877. The molecule has 1 aliphatic heterocycles. The van der Waals surface area contributed by atoms with Crippen LogP contribution < -0.4 is 21.2 Å². The molecule has 0 amide bonds. The fourth-order valence-electron chi connectivity index (χ4n) is 5.26. The van der Waals surface area contributed by atoms with Crippen molar-refractivity contribution in [3.63, 3.8) is 0 Å². The summed E-state index contributed by atoms with van der Waals surface area (Å²) in [6, 6.07) is 45.2. The van der Waals surface area contributed by atoms with E-state index in [9.17, 15) is 0 Å². The van der Waals surface area contributed by atoms with Gasteiger partial charge in [-0.25, -0.2) is 0 Å². The Bertz CT molecular complexity index is 975. The molecule has 0 aliphatic carbocycles. The van der Waals surface area contributed by atoms with Gasteiger partial charge in [0.15, 0.2) is 0 Å². The van der Waals surface area contributed by atoms with Crippen molar-refractivity contribution in [3.05, 3.63) is 121 Å². The molecule has 0 aromatic heterocycles. The van der Waals surface area contributed by atoms with Crippen molar-refractivity contribution in [2.45, 2.75) is 11.3 Å². The Labute approximate surface area is 201 Å². The van der Waals surface area contributed by atoms with E-state index in [1.807, 2.05) is 0 Å². The van der Waals surface area contributed by atoms with Gasteiger partial charge in [-0.2, -0.15) is 0 Å². The van der Waals surface area contributed by atoms with E-state index in [1.54, 1.807) is 0 Å². The van der Waals surface area contributed by atoms with Crippen molar-refractivity contribution in [1.29, 1.82) is 0 Å². The van der Waals surface area contributed by atoms with Crippen LogP contribution in [0.5, 0.6) is 0 Å². The number of likely N-dealkylation sites (tertiary alicyclic amines) is 1. The van der Waals surface area contributed by atoms with Gasteiger partial charge in [-0.3, -0.25) is 0 Å². The molecule has 1 saturated heterocycles. The molecule has 5 rings (SSSR count). The first-order chi connectivity index (χ1) is 16.1. The Hall–Kier alpha value is -2.30. The minimum atomic E-state index is -0.462. The highest BCUT2D eigenvalue weighted by molar-refractivity contribution is 7.77. The number of quaternary nitrogens is 1. The van der Waals surface area contributed by atoms with Crippen LogP contribution in [0.2, 0.25) is 0 Å². The monoisotopic (exact) mass is 468 g/mol. The van der Waals surface area contributed by atoms with E-state index in [4.69, 9.17) is 0 Å². The number of rotatable bonds is 6. The van der Waals surface area contributed by atoms with E-state index in [-0.39, 0.29) is 0 Å². The van der Waals surface area contributed by atoms with Gasteiger partial charge in [0.2, 0.25) is 0 Å². The number of nitrogens with zero attached hydrogens (tertiary/aromatic N) is 1. The van der Waals surface area contributed by atoms with E-state index in [0.29, 0.717) is 11.3 Å². The first-order valence-corrected chi connectivity index (χ1v) is 14.6. The summed E-state index contributed by atoms with van der Waals surface area (Å²) in [6.07, 6.45) is 0. The highest BCUT2D eigenvalue weighted by Crippen LogP contribution is 2.55. The lowest BCUT2D eigenvalue weighted by Gasteiger charge is -2.33. The molecule has 2 atom stereocenters. The molecule has 2 unspecified atom stereocenters. The Kier molecular flexibility index (Phi) is 6.75. The average molecular weight is 469 g/mol. The maximum atomic E-state index is 2.43. The van der Waals surface area contributed by atoms with E-state index in [2.05, 4.69) is 135 Å². The number of hydrogen-bond acceptors (Lipinski definition) is 0. The van der Waals surface area contributed by atoms with E-state index >= 15 is 0 Å². The molecule has 1 fully saturated rings. The molecular weight excluding hydrogens is 436 g/mol. The Morgan fingerprint density at radius 1 is 0.455 bits per heavy atom. The SMILES string of the molecule is C[N+]1(C)CC(P(c2ccccc2)c2ccccc2)C(P(c2ccccc2)c2ccccc2)C1. The normalized spacial score (nSPS) is 19.8. The van der Waals surface area contributed by atoms with Crippen molar-refractivity contribution in [2.75, 3.05) is 27.2 Å². The first kappa shape index (κ1) is 22.5. The summed E-state index contributed by atoms with van der Waals surface area (Å²) in [5, 5.41) is 6.02. The minimum absolute atomic E-state index is 0.462. The molecule has 33 heavy (non-hydrogen) atoms. The topological polar surface area (TPSA) is 0 Å². The molecule has 4 aromatic carbocycles. The Balaban J connectivity index is 1.66. The standard InChI is InChI=1S/C30H32NP2/c1-31(2)23-29(32(25-15-7-3-8-16-25)26-17-9-4-10-18-26)30(24-31)33(27-19-11-5-12-20-27)28-21-13-6-14-22-28/h3-22,29-30H,23-24H2,1-2H3/q+1. The summed E-state index contributed by atoms with van der Waals surface area (Å²) in [6.45, 7) is 2.44. The maximum absolute atomic E-state index is 2.43. The van der Waals surface area contributed by atoms with Crippen molar-refractivity contribution < 1.29 is 4.48 Å². The van der Waals surface area contributed by atoms with Crippen LogP contribution in [0.25, 0.3) is 0 Å². The summed E-state index contributed by atoms with van der Waals surface area (Å²) in [4.78, 5) is 0. The van der Waals surface area contributed by atoms with Gasteiger partial charge < -0.3 is 4.48 Å². The average Bonchev–Trinajstić information content (AvgIpc) is 3.16. The van der Waals surface area contributed by atoms with Crippen molar-refractivity contribution >= 4 is 37.1 Å². The molecule has 0 spiro atoms. The summed E-state index contributed by atoms with van der Waals surface area (Å²) in [7, 11) is 3.94. The first-order valence-electron chi connectivity index (χ1n) is 11.7. The van der Waals surface area contributed by atoms with Crippen LogP contribution in [0.4, 0.5) is 0 Å². The van der Waals surface area contributed by atoms with Crippen LogP contribution in [0.1, 0.15) is 0 Å². The molecular formula is C30H32NP2+. The van der Waals surface area contributed by atoms with Gasteiger partial charge >= 0.3 is 0 Å². The van der Waals surface area contributed by atoms with Crippen molar-refractivity contribution in [1.82, 2.24) is 0 Å². The Morgan fingerprint density at radius 2 is 0.697 bits per heavy atom. The summed E-state index contributed by atoms with van der Waals surface area (Å²) in [5.74, 6) is 0. The van der Waals surface area contributed by atoms with Crippen LogP contribution in [-0.4, -0.2) is 43.0 Å². The molecule has 0 saturated carbocycles. The van der Waals surface area contributed by atoms with Gasteiger partial charge in [-0.1, -0.05) is 121 Å². The summed E-state index contributed by atoms with van der Waals surface area (Å²) < 4.78 is 1.09. The van der Waals surface area contributed by atoms with Crippen LogP contribution in [0.15, 0.2) is 121 Å². The molecule has 1 aliphatic rings. The van der Waals surface area contributed by atoms with Crippen LogP contribution in [-0.2, 0) is 0 Å². The predicted octanol–water partition coefficient (Wildman–Crippen LogP) is 5.08. The third-order valence-electron chi connectivity index (χ3n) is 6.61. The third-order valence-corrected chi connectivity index (χ3v) is 12.6. The summed E-state index contributed by atoms with van der Waals surface area (Å²) in [5.41, 5.74) is 1.26. The fraction of sp³-hybridized carbons (Fsp3) is 0.200. The second kappa shape index (κ2) is 9.90. The molecule has 1 nitrogen and oxygen atoms in total. The highest BCUT2D eigenvalue weighted by atomic mass is 31.1. The van der Waals surface area contributed by atoms with Gasteiger partial charge in [0.05, 0.1) is 27.2 Å². The molecule has 4 aromatic rings. The zero-order valence-corrected chi connectivity index (χ0v) is 21.2. The van der Waals surface area contributed by atoms with Crippen molar-refractivity contribution in [2.24, 2.45) is 0 Å². The zero-order chi connectivity index (χ0) is 22.7. The van der Waals surface area contributed by atoms with Crippen molar-refractivity contribution in [3.8, 4) is 0 Å². The van der Waals surface area contributed by atoms with Crippen LogP contribution >= 0.6 is 15.8 Å². The largest absolute Gasteiger partial charge is 0.327 e. The van der Waals surface area contributed by atoms with Gasteiger partial charge in [0.25, 0.3) is 0 Å². The maximum Gasteiger partial charge on any atom is 0.0865 e. The van der Waals surface area contributed by atoms with Crippen LogP contribution in [0, 0.1) is 0 Å². The van der Waals surface area contributed by atoms with Gasteiger partial charge in [0, 0.05) is 11.3 Å². The van der Waals surface area contributed by atoms with E-state index in [1.165, 1.54) is 34.3 Å². The number of hydrogen-bond donors (Lipinski definition) is 0. The molecule has 3 heteroatoms. The fourth-order valence-corrected chi connectivity index (χ4v) is 12.2. The predicted molar refractivity (Wildman–Crippen MR) is 148 cm³/mol. The molecule has 0 N–H and O–H groups in total. The van der Waals surface area contributed by atoms with E-state index in [0.717, 1.165) is 4.48 Å².